The number of carbonyl (C=O) groups is 3. The molecule has 162 valence electrons. The van der Waals surface area contributed by atoms with Crippen molar-refractivity contribution in [1.29, 1.82) is 0 Å². The van der Waals surface area contributed by atoms with E-state index in [9.17, 15) is 18.8 Å². The Labute approximate surface area is 180 Å². The Morgan fingerprint density at radius 2 is 1.74 bits per heavy atom. The Kier molecular flexibility index (Phi) is 5.62. The fraction of sp³-hybridized carbons (Fsp3) is 0.375. The fourth-order valence-electron chi connectivity index (χ4n) is 4.93. The molecule has 2 fully saturated rings. The van der Waals surface area contributed by atoms with Crippen LogP contribution in [0.1, 0.15) is 31.0 Å². The molecule has 0 bridgehead atoms. The zero-order chi connectivity index (χ0) is 22.2. The molecule has 2 aliphatic rings. The molecule has 6 nitrogen and oxygen atoms in total. The van der Waals surface area contributed by atoms with Crippen LogP contribution in [0.4, 0.5) is 4.39 Å². The Bertz CT molecular complexity index is 994. The number of nitrogens with zero attached hydrogens (tertiary/aromatic N) is 1. The lowest BCUT2D eigenvalue weighted by Crippen LogP contribution is -2.58. The highest BCUT2D eigenvalue weighted by Gasteiger charge is 2.68. The molecule has 2 aromatic rings. The van der Waals surface area contributed by atoms with Crippen LogP contribution in [0.15, 0.2) is 54.6 Å². The summed E-state index contributed by atoms with van der Waals surface area (Å²) in [5.41, 5.74) is 0.0871. The van der Waals surface area contributed by atoms with E-state index in [1.165, 1.54) is 17.0 Å². The van der Waals surface area contributed by atoms with Gasteiger partial charge < -0.3 is 4.74 Å². The van der Waals surface area contributed by atoms with E-state index in [4.69, 9.17) is 4.74 Å². The summed E-state index contributed by atoms with van der Waals surface area (Å²) in [6.07, 6.45) is 0.197. The summed E-state index contributed by atoms with van der Waals surface area (Å²) >= 11 is 0. The summed E-state index contributed by atoms with van der Waals surface area (Å²) in [4.78, 5) is 41.2. The van der Waals surface area contributed by atoms with Gasteiger partial charge in [-0.15, -0.1) is 0 Å². The maximum absolute atomic E-state index is 13.5. The number of esters is 1. The van der Waals surface area contributed by atoms with Crippen LogP contribution in [0.5, 0.6) is 0 Å². The molecule has 4 atom stereocenters. The number of hydrogen-bond donors (Lipinski definition) is 1. The van der Waals surface area contributed by atoms with Gasteiger partial charge in [-0.2, -0.15) is 0 Å². The maximum atomic E-state index is 13.5. The Morgan fingerprint density at radius 1 is 1.06 bits per heavy atom. The Morgan fingerprint density at radius 3 is 2.35 bits per heavy atom. The first-order valence-corrected chi connectivity index (χ1v) is 10.5. The lowest BCUT2D eigenvalue weighted by molar-refractivity contribution is -0.156. The molecule has 0 aromatic heterocycles. The van der Waals surface area contributed by atoms with Crippen LogP contribution in [0, 0.1) is 17.7 Å². The van der Waals surface area contributed by atoms with Crippen molar-refractivity contribution in [2.24, 2.45) is 11.8 Å². The van der Waals surface area contributed by atoms with Crippen molar-refractivity contribution in [1.82, 2.24) is 10.2 Å². The van der Waals surface area contributed by atoms with Crippen LogP contribution >= 0.6 is 0 Å². The third kappa shape index (κ3) is 3.43. The molecule has 2 aliphatic heterocycles. The van der Waals surface area contributed by atoms with Gasteiger partial charge in [0.25, 0.3) is 0 Å². The van der Waals surface area contributed by atoms with E-state index >= 15 is 0 Å². The van der Waals surface area contributed by atoms with Gasteiger partial charge in [0, 0.05) is 19.0 Å². The number of imide groups is 1. The smallest absolute Gasteiger partial charge is 0.327 e. The SMILES string of the molecule is CCOC(=O)[C@]1(Cc2ccccc2)N[C@H](c2ccc(F)cc2)[C@@H]2C(=O)N(CC)C(=O)[C@H]21. The summed E-state index contributed by atoms with van der Waals surface area (Å²) in [6, 6.07) is 14.5. The lowest BCUT2D eigenvalue weighted by Gasteiger charge is -2.33. The third-order valence-corrected chi connectivity index (χ3v) is 6.26. The maximum Gasteiger partial charge on any atom is 0.327 e. The fourth-order valence-corrected chi connectivity index (χ4v) is 4.93. The average Bonchev–Trinajstić information content (AvgIpc) is 3.24. The van der Waals surface area contributed by atoms with E-state index in [1.54, 1.807) is 26.0 Å². The van der Waals surface area contributed by atoms with Gasteiger partial charge in [0.05, 0.1) is 18.4 Å². The number of likely N-dealkylation sites (tertiary alicyclic amines) is 1. The number of amides is 2. The van der Waals surface area contributed by atoms with Crippen LogP contribution in [0.2, 0.25) is 0 Å². The third-order valence-electron chi connectivity index (χ3n) is 6.26. The topological polar surface area (TPSA) is 75.7 Å². The first kappa shape index (κ1) is 21.2. The number of carbonyl (C=O) groups excluding carboxylic acids is 3. The second-order valence-corrected chi connectivity index (χ2v) is 7.95. The van der Waals surface area contributed by atoms with Gasteiger partial charge in [-0.25, -0.2) is 4.39 Å². The number of halogens is 1. The molecule has 2 heterocycles. The predicted molar refractivity (Wildman–Crippen MR) is 111 cm³/mol. The molecule has 2 saturated heterocycles. The normalized spacial score (nSPS) is 27.5. The molecular formula is C24H25FN2O4. The first-order valence-electron chi connectivity index (χ1n) is 10.5. The van der Waals surface area contributed by atoms with Gasteiger partial charge in [-0.3, -0.25) is 24.6 Å². The summed E-state index contributed by atoms with van der Waals surface area (Å²) in [7, 11) is 0. The van der Waals surface area contributed by atoms with Gasteiger partial charge >= 0.3 is 5.97 Å². The molecule has 1 N–H and O–H groups in total. The summed E-state index contributed by atoms with van der Waals surface area (Å²) in [5.74, 6) is -3.33. The van der Waals surface area contributed by atoms with Crippen molar-refractivity contribution in [3.8, 4) is 0 Å². The van der Waals surface area contributed by atoms with E-state index in [-0.39, 0.29) is 31.4 Å². The standard InChI is InChI=1S/C24H25FN2O4/c1-3-27-21(28)18-19(22(27)29)24(23(30)31-4-2,14-15-8-6-5-7-9-15)26-20(18)16-10-12-17(25)13-11-16/h5-13,18-20,26H,3-4,14H2,1-2H3/t18-,19+,20-,24-/m1/s1. The number of rotatable bonds is 6. The molecular weight excluding hydrogens is 399 g/mol. The molecule has 0 unspecified atom stereocenters. The van der Waals surface area contributed by atoms with Crippen LogP contribution in [-0.4, -0.2) is 41.4 Å². The van der Waals surface area contributed by atoms with Gasteiger partial charge in [0.15, 0.2) is 0 Å². The average molecular weight is 424 g/mol. The van der Waals surface area contributed by atoms with Crippen LogP contribution < -0.4 is 5.32 Å². The zero-order valence-corrected chi connectivity index (χ0v) is 17.5. The van der Waals surface area contributed by atoms with Gasteiger partial charge in [0.1, 0.15) is 11.4 Å². The number of nitrogens with one attached hydrogen (secondary N) is 1. The predicted octanol–water partition coefficient (Wildman–Crippen LogP) is 2.64. The Balaban J connectivity index is 1.86. The second-order valence-electron chi connectivity index (χ2n) is 7.95. The summed E-state index contributed by atoms with van der Waals surface area (Å²) < 4.78 is 19.0. The van der Waals surface area contributed by atoms with E-state index in [1.807, 2.05) is 30.3 Å². The van der Waals surface area contributed by atoms with E-state index in [2.05, 4.69) is 5.32 Å². The minimum atomic E-state index is -1.41. The monoisotopic (exact) mass is 424 g/mol. The van der Waals surface area contributed by atoms with Crippen molar-refractivity contribution in [2.75, 3.05) is 13.2 Å². The van der Waals surface area contributed by atoms with Crippen LogP contribution in [0.3, 0.4) is 0 Å². The quantitative estimate of drug-likeness (QED) is 0.570. The summed E-state index contributed by atoms with van der Waals surface area (Å²) in [6.45, 7) is 3.82. The Hall–Kier alpha value is -3.06. The van der Waals surface area contributed by atoms with Crippen molar-refractivity contribution < 1.29 is 23.5 Å². The highest BCUT2D eigenvalue weighted by Crippen LogP contribution is 2.50. The molecule has 0 aliphatic carbocycles. The molecule has 0 saturated carbocycles. The van der Waals surface area contributed by atoms with Gasteiger partial charge in [0.2, 0.25) is 11.8 Å². The van der Waals surface area contributed by atoms with E-state index < -0.39 is 35.2 Å². The zero-order valence-electron chi connectivity index (χ0n) is 17.5. The largest absolute Gasteiger partial charge is 0.465 e. The van der Waals surface area contributed by atoms with Crippen molar-refractivity contribution >= 4 is 17.8 Å². The number of benzene rings is 2. The minimum Gasteiger partial charge on any atom is -0.465 e. The van der Waals surface area contributed by atoms with Gasteiger partial charge in [-0.05, 0) is 37.1 Å². The molecule has 7 heteroatoms. The lowest BCUT2D eigenvalue weighted by atomic mass is 9.76. The van der Waals surface area contributed by atoms with Crippen LogP contribution in [0.25, 0.3) is 0 Å². The summed E-state index contributed by atoms with van der Waals surface area (Å²) in [5, 5.41) is 3.32. The number of fused-ring (bicyclic) bond motifs is 1. The first-order chi connectivity index (χ1) is 14.9. The van der Waals surface area contributed by atoms with E-state index in [0.717, 1.165) is 5.56 Å². The highest BCUT2D eigenvalue weighted by molar-refractivity contribution is 6.09. The molecule has 2 amide bonds. The minimum absolute atomic E-state index is 0.148. The molecule has 31 heavy (non-hydrogen) atoms. The molecule has 0 spiro atoms. The van der Waals surface area contributed by atoms with Crippen molar-refractivity contribution in [3.05, 3.63) is 71.5 Å². The van der Waals surface area contributed by atoms with Crippen molar-refractivity contribution in [2.45, 2.75) is 31.8 Å². The molecule has 2 aromatic carbocycles. The number of hydrogen-bond acceptors (Lipinski definition) is 5. The van der Waals surface area contributed by atoms with Crippen molar-refractivity contribution in [3.63, 3.8) is 0 Å². The second kappa shape index (κ2) is 8.23. The van der Waals surface area contributed by atoms with Crippen LogP contribution in [-0.2, 0) is 25.5 Å². The highest BCUT2D eigenvalue weighted by atomic mass is 19.1. The molecule has 4 rings (SSSR count). The van der Waals surface area contributed by atoms with E-state index in [0.29, 0.717) is 5.56 Å². The molecule has 0 radical (unpaired) electrons. The van der Waals surface area contributed by atoms with Gasteiger partial charge in [-0.1, -0.05) is 42.5 Å². The number of ether oxygens (including phenoxy) is 1.